The molecule has 100 valence electrons. The summed E-state index contributed by atoms with van der Waals surface area (Å²) in [7, 11) is 1.77. The van der Waals surface area contributed by atoms with Crippen molar-refractivity contribution in [3.8, 4) is 0 Å². The summed E-state index contributed by atoms with van der Waals surface area (Å²) in [4.78, 5) is 16.3. The van der Waals surface area contributed by atoms with Crippen molar-refractivity contribution in [3.05, 3.63) is 5.82 Å². The highest BCUT2D eigenvalue weighted by atomic mass is 16.5. The Labute approximate surface area is 107 Å². The van der Waals surface area contributed by atoms with Gasteiger partial charge in [-0.1, -0.05) is 6.92 Å². The predicted molar refractivity (Wildman–Crippen MR) is 67.1 cm³/mol. The second-order valence-electron chi connectivity index (χ2n) is 4.72. The second kappa shape index (κ2) is 5.48. The number of carbonyl (C=O) groups is 1. The van der Waals surface area contributed by atoms with Crippen LogP contribution in [0.2, 0.25) is 0 Å². The van der Waals surface area contributed by atoms with Gasteiger partial charge in [-0.05, 0) is 26.2 Å². The molecular weight excluding hydrogens is 232 g/mol. The molecule has 0 aliphatic carbocycles. The Balaban J connectivity index is 1.97. The minimum absolute atomic E-state index is 0.0145. The van der Waals surface area contributed by atoms with E-state index in [1.807, 2.05) is 0 Å². The Hall–Kier alpha value is -1.43. The van der Waals surface area contributed by atoms with Crippen molar-refractivity contribution in [2.75, 3.05) is 11.9 Å². The van der Waals surface area contributed by atoms with E-state index in [9.17, 15) is 4.79 Å². The highest BCUT2D eigenvalue weighted by Gasteiger charge is 2.27. The van der Waals surface area contributed by atoms with Crippen molar-refractivity contribution in [2.24, 2.45) is 13.0 Å². The zero-order valence-corrected chi connectivity index (χ0v) is 11.1. The molecule has 1 amide bonds. The summed E-state index contributed by atoms with van der Waals surface area (Å²) < 4.78 is 7.16. The van der Waals surface area contributed by atoms with Crippen LogP contribution in [0.4, 0.5) is 5.95 Å². The Bertz CT molecular complexity index is 430. The van der Waals surface area contributed by atoms with Gasteiger partial charge in [-0.25, -0.2) is 4.68 Å². The van der Waals surface area contributed by atoms with Crippen molar-refractivity contribution >= 4 is 11.9 Å². The zero-order chi connectivity index (χ0) is 13.1. The predicted octanol–water partition coefficient (Wildman–Crippen LogP) is 1.27. The Morgan fingerprint density at radius 1 is 1.61 bits per heavy atom. The van der Waals surface area contributed by atoms with Gasteiger partial charge in [0.05, 0.1) is 6.10 Å². The molecule has 0 aromatic carbocycles. The monoisotopic (exact) mass is 252 g/mol. The molecule has 1 aliphatic rings. The van der Waals surface area contributed by atoms with Gasteiger partial charge in [0, 0.05) is 19.6 Å². The van der Waals surface area contributed by atoms with E-state index in [0.29, 0.717) is 18.4 Å². The fourth-order valence-corrected chi connectivity index (χ4v) is 2.24. The number of ether oxygens (including phenoxy) is 1. The van der Waals surface area contributed by atoms with Crippen LogP contribution in [0.15, 0.2) is 0 Å². The molecule has 1 fully saturated rings. The largest absolute Gasteiger partial charge is 0.378 e. The minimum atomic E-state index is 0.0145. The maximum absolute atomic E-state index is 12.1. The van der Waals surface area contributed by atoms with E-state index in [4.69, 9.17) is 4.74 Å². The quantitative estimate of drug-likeness (QED) is 0.879. The van der Waals surface area contributed by atoms with E-state index < -0.39 is 0 Å². The number of aryl methyl sites for hydroxylation is 2. The maximum atomic E-state index is 12.1. The Morgan fingerprint density at radius 2 is 2.39 bits per heavy atom. The standard InChI is InChI=1S/C12H20N4O2/c1-4-10-7-9(5-6-18-10)11(17)14-12-13-8(2)15-16(12)3/h9-10H,4-7H2,1-3H3,(H,13,14,15,17)/t9-,10+/m0/s1. The lowest BCUT2D eigenvalue weighted by Gasteiger charge is -2.27. The van der Waals surface area contributed by atoms with Crippen LogP contribution < -0.4 is 5.32 Å². The van der Waals surface area contributed by atoms with Crippen LogP contribution in [0, 0.1) is 12.8 Å². The normalized spacial score (nSPS) is 23.9. The first-order chi connectivity index (χ1) is 8.60. The number of amides is 1. The summed E-state index contributed by atoms with van der Waals surface area (Å²) in [5.74, 6) is 1.20. The molecular formula is C12H20N4O2. The average Bonchev–Trinajstić information content (AvgIpc) is 2.68. The van der Waals surface area contributed by atoms with E-state index >= 15 is 0 Å². The number of hydrogen-bond acceptors (Lipinski definition) is 4. The van der Waals surface area contributed by atoms with Crippen LogP contribution in [0.25, 0.3) is 0 Å². The molecule has 0 spiro atoms. The zero-order valence-electron chi connectivity index (χ0n) is 11.1. The van der Waals surface area contributed by atoms with Crippen LogP contribution in [0.3, 0.4) is 0 Å². The summed E-state index contributed by atoms with van der Waals surface area (Å²) in [6.07, 6.45) is 2.72. The SMILES string of the molecule is CC[C@@H]1C[C@@H](C(=O)Nc2nc(C)nn2C)CCO1. The molecule has 2 rings (SSSR count). The van der Waals surface area contributed by atoms with Crippen LogP contribution in [0.5, 0.6) is 0 Å². The molecule has 0 bridgehead atoms. The first-order valence-electron chi connectivity index (χ1n) is 6.40. The molecule has 1 aromatic rings. The first-order valence-corrected chi connectivity index (χ1v) is 6.40. The Kier molecular flexibility index (Phi) is 3.96. The van der Waals surface area contributed by atoms with Crippen molar-refractivity contribution in [2.45, 2.75) is 39.2 Å². The van der Waals surface area contributed by atoms with Crippen LogP contribution in [-0.2, 0) is 16.6 Å². The fourth-order valence-electron chi connectivity index (χ4n) is 2.24. The molecule has 1 N–H and O–H groups in total. The third-order valence-corrected chi connectivity index (χ3v) is 3.30. The number of nitrogens with zero attached hydrogens (tertiary/aromatic N) is 3. The molecule has 18 heavy (non-hydrogen) atoms. The van der Waals surface area contributed by atoms with Gasteiger partial charge < -0.3 is 4.74 Å². The second-order valence-corrected chi connectivity index (χ2v) is 4.72. The summed E-state index contributed by atoms with van der Waals surface area (Å²) in [6, 6.07) is 0. The molecule has 1 saturated heterocycles. The number of rotatable bonds is 3. The van der Waals surface area contributed by atoms with Gasteiger partial charge in [0.2, 0.25) is 11.9 Å². The third kappa shape index (κ3) is 2.87. The first kappa shape index (κ1) is 13.0. The topological polar surface area (TPSA) is 69.0 Å². The highest BCUT2D eigenvalue weighted by Crippen LogP contribution is 2.23. The van der Waals surface area contributed by atoms with E-state index in [0.717, 1.165) is 19.3 Å². The van der Waals surface area contributed by atoms with Crippen molar-refractivity contribution in [3.63, 3.8) is 0 Å². The highest BCUT2D eigenvalue weighted by molar-refractivity contribution is 5.91. The molecule has 0 saturated carbocycles. The van der Waals surface area contributed by atoms with Gasteiger partial charge in [0.25, 0.3) is 0 Å². The van der Waals surface area contributed by atoms with E-state index in [-0.39, 0.29) is 17.9 Å². The summed E-state index contributed by atoms with van der Waals surface area (Å²) in [6.45, 7) is 4.54. The van der Waals surface area contributed by atoms with Crippen molar-refractivity contribution < 1.29 is 9.53 Å². The van der Waals surface area contributed by atoms with E-state index in [1.54, 1.807) is 18.7 Å². The lowest BCUT2D eigenvalue weighted by atomic mass is 9.93. The van der Waals surface area contributed by atoms with Crippen LogP contribution in [0.1, 0.15) is 32.0 Å². The summed E-state index contributed by atoms with van der Waals surface area (Å²) >= 11 is 0. The van der Waals surface area contributed by atoms with Crippen LogP contribution in [-0.4, -0.2) is 33.4 Å². The van der Waals surface area contributed by atoms with Gasteiger partial charge >= 0.3 is 0 Å². The Morgan fingerprint density at radius 3 is 3.00 bits per heavy atom. The molecule has 6 heteroatoms. The number of carbonyl (C=O) groups excluding carboxylic acids is 1. The molecule has 0 radical (unpaired) electrons. The number of nitrogens with one attached hydrogen (secondary N) is 1. The van der Waals surface area contributed by atoms with Gasteiger partial charge in [-0.2, -0.15) is 10.1 Å². The molecule has 1 aromatic heterocycles. The molecule has 2 atom stereocenters. The maximum Gasteiger partial charge on any atom is 0.230 e. The van der Waals surface area contributed by atoms with Gasteiger partial charge in [0.1, 0.15) is 5.82 Å². The average molecular weight is 252 g/mol. The van der Waals surface area contributed by atoms with Crippen LogP contribution >= 0.6 is 0 Å². The van der Waals surface area contributed by atoms with Gasteiger partial charge in [0.15, 0.2) is 0 Å². The number of anilines is 1. The van der Waals surface area contributed by atoms with E-state index in [2.05, 4.69) is 22.3 Å². The molecule has 1 aliphatic heterocycles. The number of aromatic nitrogens is 3. The smallest absolute Gasteiger partial charge is 0.230 e. The lowest BCUT2D eigenvalue weighted by molar-refractivity contribution is -0.124. The molecule has 0 unspecified atom stereocenters. The summed E-state index contributed by atoms with van der Waals surface area (Å²) in [5.41, 5.74) is 0. The number of hydrogen-bond donors (Lipinski definition) is 1. The third-order valence-electron chi connectivity index (χ3n) is 3.30. The molecule has 2 heterocycles. The van der Waals surface area contributed by atoms with Gasteiger partial charge in [-0.15, -0.1) is 0 Å². The van der Waals surface area contributed by atoms with Crippen molar-refractivity contribution in [1.29, 1.82) is 0 Å². The van der Waals surface area contributed by atoms with Gasteiger partial charge in [-0.3, -0.25) is 10.1 Å². The minimum Gasteiger partial charge on any atom is -0.378 e. The fraction of sp³-hybridized carbons (Fsp3) is 0.750. The lowest BCUT2D eigenvalue weighted by Crippen LogP contribution is -2.33. The molecule has 6 nitrogen and oxygen atoms in total. The van der Waals surface area contributed by atoms with E-state index in [1.165, 1.54) is 0 Å². The summed E-state index contributed by atoms with van der Waals surface area (Å²) in [5, 5.41) is 6.95. The van der Waals surface area contributed by atoms with Crippen molar-refractivity contribution in [1.82, 2.24) is 14.8 Å².